The lowest BCUT2D eigenvalue weighted by Crippen LogP contribution is -2.41. The maximum absolute atomic E-state index is 5.46. The Labute approximate surface area is 123 Å². The normalized spacial score (nSPS) is 18.2. The first-order chi connectivity index (χ1) is 9.60. The highest BCUT2D eigenvalue weighted by Gasteiger charge is 2.34. The van der Waals surface area contributed by atoms with Gasteiger partial charge in [0.2, 0.25) is 0 Å². The molecule has 3 heteroatoms. The zero-order chi connectivity index (χ0) is 14.4. The Morgan fingerprint density at radius 1 is 1.35 bits per heavy atom. The summed E-state index contributed by atoms with van der Waals surface area (Å²) in [6.07, 6.45) is 7.26. The number of nitrogens with zero attached hydrogens (tertiary/aromatic N) is 1. The number of hydrogen-bond acceptors (Lipinski definition) is 3. The third-order valence-corrected chi connectivity index (χ3v) is 4.33. The highest BCUT2D eigenvalue weighted by molar-refractivity contribution is 4.98. The number of hydrogen-bond donors (Lipinski definition) is 1. The summed E-state index contributed by atoms with van der Waals surface area (Å²) < 4.78 is 5.46. The molecule has 1 aromatic heterocycles. The molecule has 2 rings (SSSR count). The summed E-state index contributed by atoms with van der Waals surface area (Å²) in [7, 11) is 2.21. The van der Waals surface area contributed by atoms with Crippen molar-refractivity contribution in [2.24, 2.45) is 11.3 Å². The van der Waals surface area contributed by atoms with Crippen LogP contribution < -0.4 is 5.32 Å². The zero-order valence-electron chi connectivity index (χ0n) is 13.3. The van der Waals surface area contributed by atoms with Crippen molar-refractivity contribution in [2.75, 3.05) is 26.7 Å². The van der Waals surface area contributed by atoms with Crippen molar-refractivity contribution in [1.29, 1.82) is 0 Å². The molecular weight excluding hydrogens is 248 g/mol. The Hall–Kier alpha value is -0.800. The summed E-state index contributed by atoms with van der Waals surface area (Å²) in [6, 6.07) is 4.04. The van der Waals surface area contributed by atoms with Crippen LogP contribution in [0.2, 0.25) is 0 Å². The molecule has 0 radical (unpaired) electrons. The molecule has 0 bridgehead atoms. The first kappa shape index (κ1) is 15.6. The second kappa shape index (κ2) is 7.28. The fourth-order valence-corrected chi connectivity index (χ4v) is 3.44. The van der Waals surface area contributed by atoms with Gasteiger partial charge in [-0.2, -0.15) is 0 Å². The van der Waals surface area contributed by atoms with Crippen LogP contribution in [0.4, 0.5) is 0 Å². The summed E-state index contributed by atoms with van der Waals surface area (Å²) in [5.41, 5.74) is 0.468. The molecule has 1 fully saturated rings. The van der Waals surface area contributed by atoms with Crippen molar-refractivity contribution < 1.29 is 4.42 Å². The van der Waals surface area contributed by atoms with Gasteiger partial charge in [-0.1, -0.05) is 26.7 Å². The summed E-state index contributed by atoms with van der Waals surface area (Å²) in [5, 5.41) is 3.68. The number of nitrogens with one attached hydrogen (secondary N) is 1. The largest absolute Gasteiger partial charge is 0.468 e. The molecule has 0 amide bonds. The average molecular weight is 278 g/mol. The summed E-state index contributed by atoms with van der Waals surface area (Å²) in [6.45, 7) is 8.92. The molecule has 1 aliphatic rings. The van der Waals surface area contributed by atoms with E-state index in [-0.39, 0.29) is 0 Å². The third kappa shape index (κ3) is 4.64. The Morgan fingerprint density at radius 2 is 2.10 bits per heavy atom. The van der Waals surface area contributed by atoms with E-state index in [1.165, 1.54) is 32.2 Å². The van der Waals surface area contributed by atoms with Crippen molar-refractivity contribution in [3.8, 4) is 0 Å². The molecule has 0 atom stereocenters. The molecule has 0 aliphatic heterocycles. The molecule has 1 heterocycles. The van der Waals surface area contributed by atoms with Crippen molar-refractivity contribution >= 4 is 0 Å². The van der Waals surface area contributed by atoms with Crippen molar-refractivity contribution in [2.45, 2.75) is 46.1 Å². The quantitative estimate of drug-likeness (QED) is 0.788. The molecule has 1 aromatic rings. The minimum atomic E-state index is 0.468. The SMILES string of the molecule is CC(C)CNCC1(CN(C)Cc2ccco2)CCCC1. The van der Waals surface area contributed by atoms with E-state index in [1.54, 1.807) is 6.26 Å². The molecule has 114 valence electrons. The Kier molecular flexibility index (Phi) is 5.67. The lowest BCUT2D eigenvalue weighted by Gasteiger charge is -2.34. The molecule has 1 aliphatic carbocycles. The lowest BCUT2D eigenvalue weighted by atomic mass is 9.85. The van der Waals surface area contributed by atoms with Crippen LogP contribution in [-0.4, -0.2) is 31.6 Å². The van der Waals surface area contributed by atoms with E-state index in [1.807, 2.05) is 6.07 Å². The first-order valence-electron chi connectivity index (χ1n) is 8.01. The van der Waals surface area contributed by atoms with Gasteiger partial charge in [0.05, 0.1) is 12.8 Å². The van der Waals surface area contributed by atoms with Crippen molar-refractivity contribution in [1.82, 2.24) is 10.2 Å². The van der Waals surface area contributed by atoms with Crippen LogP contribution in [0.25, 0.3) is 0 Å². The van der Waals surface area contributed by atoms with Gasteiger partial charge in [0.15, 0.2) is 0 Å². The van der Waals surface area contributed by atoms with Crippen LogP contribution in [0.1, 0.15) is 45.3 Å². The van der Waals surface area contributed by atoms with E-state index >= 15 is 0 Å². The maximum Gasteiger partial charge on any atom is 0.117 e. The van der Waals surface area contributed by atoms with E-state index in [2.05, 4.69) is 37.2 Å². The first-order valence-corrected chi connectivity index (χ1v) is 8.01. The average Bonchev–Trinajstić information content (AvgIpc) is 3.01. The van der Waals surface area contributed by atoms with Gasteiger partial charge < -0.3 is 9.73 Å². The molecule has 3 nitrogen and oxygen atoms in total. The molecule has 0 saturated heterocycles. The van der Waals surface area contributed by atoms with Gasteiger partial charge in [-0.15, -0.1) is 0 Å². The highest BCUT2D eigenvalue weighted by Crippen LogP contribution is 2.38. The van der Waals surface area contributed by atoms with E-state index < -0.39 is 0 Å². The number of furan rings is 1. The minimum absolute atomic E-state index is 0.468. The van der Waals surface area contributed by atoms with Crippen LogP contribution in [0, 0.1) is 11.3 Å². The second-order valence-electron chi connectivity index (χ2n) is 6.98. The molecule has 1 saturated carbocycles. The smallest absolute Gasteiger partial charge is 0.117 e. The zero-order valence-corrected chi connectivity index (χ0v) is 13.3. The third-order valence-electron chi connectivity index (χ3n) is 4.33. The van der Waals surface area contributed by atoms with Crippen LogP contribution >= 0.6 is 0 Å². The van der Waals surface area contributed by atoms with Crippen LogP contribution in [0.5, 0.6) is 0 Å². The molecule has 20 heavy (non-hydrogen) atoms. The molecule has 1 N–H and O–H groups in total. The van der Waals surface area contributed by atoms with Gasteiger partial charge in [-0.05, 0) is 49.9 Å². The van der Waals surface area contributed by atoms with Gasteiger partial charge in [0.1, 0.15) is 5.76 Å². The van der Waals surface area contributed by atoms with Crippen LogP contribution in [0.3, 0.4) is 0 Å². The lowest BCUT2D eigenvalue weighted by molar-refractivity contribution is 0.159. The maximum atomic E-state index is 5.46. The summed E-state index contributed by atoms with van der Waals surface area (Å²) in [4.78, 5) is 2.42. The monoisotopic (exact) mass is 278 g/mol. The van der Waals surface area contributed by atoms with Gasteiger partial charge >= 0.3 is 0 Å². The topological polar surface area (TPSA) is 28.4 Å². The summed E-state index contributed by atoms with van der Waals surface area (Å²) >= 11 is 0. The fraction of sp³-hybridized carbons (Fsp3) is 0.765. The molecule has 0 unspecified atom stereocenters. The fourth-order valence-electron chi connectivity index (χ4n) is 3.44. The van der Waals surface area contributed by atoms with E-state index in [4.69, 9.17) is 4.42 Å². The second-order valence-corrected chi connectivity index (χ2v) is 6.98. The Balaban J connectivity index is 1.84. The molecule has 0 spiro atoms. The van der Waals surface area contributed by atoms with Gasteiger partial charge in [0, 0.05) is 13.1 Å². The van der Waals surface area contributed by atoms with Crippen LogP contribution in [-0.2, 0) is 6.54 Å². The van der Waals surface area contributed by atoms with E-state index in [0.29, 0.717) is 5.41 Å². The van der Waals surface area contributed by atoms with E-state index in [0.717, 1.165) is 31.3 Å². The van der Waals surface area contributed by atoms with Crippen molar-refractivity contribution in [3.05, 3.63) is 24.2 Å². The van der Waals surface area contributed by atoms with Gasteiger partial charge in [-0.25, -0.2) is 0 Å². The Morgan fingerprint density at radius 3 is 2.70 bits per heavy atom. The standard InChI is InChI=1S/C17H30N2O/c1-15(2)11-18-13-17(8-4-5-9-17)14-19(3)12-16-7-6-10-20-16/h6-7,10,15,18H,4-5,8-9,11-14H2,1-3H3. The highest BCUT2D eigenvalue weighted by atomic mass is 16.3. The molecular formula is C17H30N2O. The van der Waals surface area contributed by atoms with E-state index in [9.17, 15) is 0 Å². The summed E-state index contributed by atoms with van der Waals surface area (Å²) in [5.74, 6) is 1.80. The minimum Gasteiger partial charge on any atom is -0.468 e. The Bertz CT molecular complexity index is 366. The van der Waals surface area contributed by atoms with Gasteiger partial charge in [0.25, 0.3) is 0 Å². The van der Waals surface area contributed by atoms with Crippen LogP contribution in [0.15, 0.2) is 22.8 Å². The van der Waals surface area contributed by atoms with Gasteiger partial charge in [-0.3, -0.25) is 4.90 Å². The predicted octanol–water partition coefficient (Wildman–Crippen LogP) is 3.52. The predicted molar refractivity (Wildman–Crippen MR) is 83.7 cm³/mol. The number of rotatable bonds is 8. The molecule has 0 aromatic carbocycles. The van der Waals surface area contributed by atoms with Crippen molar-refractivity contribution in [3.63, 3.8) is 0 Å².